The van der Waals surface area contributed by atoms with Crippen LogP contribution in [0.5, 0.6) is 0 Å². The van der Waals surface area contributed by atoms with Crippen molar-refractivity contribution in [3.63, 3.8) is 0 Å². The lowest BCUT2D eigenvalue weighted by Crippen LogP contribution is -2.38. The fourth-order valence-corrected chi connectivity index (χ4v) is 4.74. The standard InChI is InChI=1S/C23H24N4OS/c28-22-18-15-17(11-12-19(18)25-21-10-2-1-5-13-27(21)22)24-23(29)26-14-6-8-16-7-3-4-9-20(16)26/h3-4,7,9,11-12,15H,1-2,5-6,8,10,13-14H2,(H,24,29). The number of rotatable bonds is 1. The highest BCUT2D eigenvalue weighted by atomic mass is 32.1. The Labute approximate surface area is 175 Å². The molecule has 1 N–H and O–H groups in total. The van der Waals surface area contributed by atoms with Crippen LogP contribution in [-0.4, -0.2) is 21.2 Å². The fourth-order valence-electron chi connectivity index (χ4n) is 4.43. The molecule has 5 rings (SSSR count). The summed E-state index contributed by atoms with van der Waals surface area (Å²) in [5, 5.41) is 4.67. The Morgan fingerprint density at radius 2 is 1.90 bits per heavy atom. The van der Waals surface area contributed by atoms with E-state index in [2.05, 4.69) is 28.4 Å². The number of aromatic nitrogens is 2. The van der Waals surface area contributed by atoms with E-state index in [4.69, 9.17) is 17.2 Å². The molecule has 2 aliphatic rings. The molecule has 148 valence electrons. The number of benzene rings is 2. The molecule has 5 nitrogen and oxygen atoms in total. The maximum Gasteiger partial charge on any atom is 0.261 e. The van der Waals surface area contributed by atoms with Crippen LogP contribution in [0.25, 0.3) is 10.9 Å². The molecule has 0 saturated heterocycles. The van der Waals surface area contributed by atoms with Gasteiger partial charge < -0.3 is 10.2 Å². The lowest BCUT2D eigenvalue weighted by molar-refractivity contribution is 0.614. The molecule has 6 heteroatoms. The van der Waals surface area contributed by atoms with E-state index in [1.165, 1.54) is 11.3 Å². The van der Waals surface area contributed by atoms with Crippen LogP contribution < -0.4 is 15.8 Å². The minimum absolute atomic E-state index is 0.0600. The molecule has 0 aliphatic carbocycles. The van der Waals surface area contributed by atoms with E-state index in [0.717, 1.165) is 68.6 Å². The minimum Gasteiger partial charge on any atom is -0.332 e. The van der Waals surface area contributed by atoms with E-state index in [0.29, 0.717) is 10.5 Å². The molecule has 29 heavy (non-hydrogen) atoms. The van der Waals surface area contributed by atoms with Crippen LogP contribution in [0, 0.1) is 0 Å². The molecule has 0 amide bonds. The highest BCUT2D eigenvalue weighted by molar-refractivity contribution is 7.80. The Kier molecular flexibility index (Phi) is 4.79. The van der Waals surface area contributed by atoms with Crippen LogP contribution in [0.2, 0.25) is 0 Å². The topological polar surface area (TPSA) is 50.2 Å². The number of anilines is 2. The van der Waals surface area contributed by atoms with Gasteiger partial charge in [0.1, 0.15) is 5.82 Å². The highest BCUT2D eigenvalue weighted by Gasteiger charge is 2.20. The Balaban J connectivity index is 1.46. The normalized spacial score (nSPS) is 16.1. The van der Waals surface area contributed by atoms with Gasteiger partial charge >= 0.3 is 0 Å². The summed E-state index contributed by atoms with van der Waals surface area (Å²) in [6.45, 7) is 1.66. The molecule has 2 aromatic carbocycles. The fraction of sp³-hybridized carbons (Fsp3) is 0.348. The average molecular weight is 405 g/mol. The number of hydrogen-bond acceptors (Lipinski definition) is 3. The van der Waals surface area contributed by atoms with Gasteiger partial charge in [-0.15, -0.1) is 0 Å². The molecule has 3 aromatic rings. The third-order valence-electron chi connectivity index (χ3n) is 5.92. The van der Waals surface area contributed by atoms with Gasteiger partial charge in [0.05, 0.1) is 10.9 Å². The molecular weight excluding hydrogens is 380 g/mol. The van der Waals surface area contributed by atoms with Crippen molar-refractivity contribution in [3.8, 4) is 0 Å². The van der Waals surface area contributed by atoms with E-state index in [1.807, 2.05) is 28.8 Å². The quantitative estimate of drug-likeness (QED) is 0.614. The number of nitrogens with one attached hydrogen (secondary N) is 1. The van der Waals surface area contributed by atoms with Crippen molar-refractivity contribution in [2.75, 3.05) is 16.8 Å². The third kappa shape index (κ3) is 3.42. The largest absolute Gasteiger partial charge is 0.332 e. The van der Waals surface area contributed by atoms with Gasteiger partial charge in [-0.3, -0.25) is 9.36 Å². The van der Waals surface area contributed by atoms with Crippen LogP contribution >= 0.6 is 12.2 Å². The molecule has 2 aliphatic heterocycles. The van der Waals surface area contributed by atoms with E-state index in [9.17, 15) is 4.79 Å². The predicted octanol–water partition coefficient (Wildman–Crippen LogP) is 4.27. The summed E-state index contributed by atoms with van der Waals surface area (Å²) in [6, 6.07) is 14.2. The van der Waals surface area contributed by atoms with Gasteiger partial charge in [-0.1, -0.05) is 24.6 Å². The number of thiocarbonyl (C=S) groups is 1. The SMILES string of the molecule is O=c1c2cc(NC(=S)N3CCCc4ccccc43)ccc2nc2n1CCCCC2. The van der Waals surface area contributed by atoms with E-state index < -0.39 is 0 Å². The Bertz CT molecular complexity index is 1150. The van der Waals surface area contributed by atoms with Crippen molar-refractivity contribution >= 4 is 39.6 Å². The summed E-state index contributed by atoms with van der Waals surface area (Å²) in [7, 11) is 0. The Morgan fingerprint density at radius 3 is 2.83 bits per heavy atom. The lowest BCUT2D eigenvalue weighted by Gasteiger charge is -2.31. The molecule has 0 saturated carbocycles. The number of hydrogen-bond donors (Lipinski definition) is 1. The zero-order valence-corrected chi connectivity index (χ0v) is 17.2. The summed E-state index contributed by atoms with van der Waals surface area (Å²) < 4.78 is 1.86. The van der Waals surface area contributed by atoms with Gasteiger partial charge in [0.2, 0.25) is 0 Å². The first-order chi connectivity index (χ1) is 14.2. The van der Waals surface area contributed by atoms with Gasteiger partial charge in [-0.2, -0.15) is 0 Å². The molecule has 1 aromatic heterocycles. The van der Waals surface area contributed by atoms with Crippen molar-refractivity contribution in [2.45, 2.75) is 45.1 Å². The molecule has 0 bridgehead atoms. The van der Waals surface area contributed by atoms with Gasteiger partial charge in [0.15, 0.2) is 5.11 Å². The molecule has 0 radical (unpaired) electrons. The first kappa shape index (κ1) is 18.3. The van der Waals surface area contributed by atoms with Crippen LogP contribution in [0.4, 0.5) is 11.4 Å². The van der Waals surface area contributed by atoms with Gasteiger partial charge in [0.25, 0.3) is 5.56 Å². The smallest absolute Gasteiger partial charge is 0.261 e. The first-order valence-electron chi connectivity index (χ1n) is 10.4. The van der Waals surface area contributed by atoms with Crippen molar-refractivity contribution in [2.24, 2.45) is 0 Å². The maximum atomic E-state index is 13.1. The summed E-state index contributed by atoms with van der Waals surface area (Å²) in [5.74, 6) is 0.918. The summed E-state index contributed by atoms with van der Waals surface area (Å²) in [4.78, 5) is 20.0. The number of nitrogens with zero attached hydrogens (tertiary/aromatic N) is 3. The van der Waals surface area contributed by atoms with Crippen molar-refractivity contribution < 1.29 is 0 Å². The number of para-hydroxylation sites is 1. The first-order valence-corrected chi connectivity index (χ1v) is 10.8. The second-order valence-corrected chi connectivity index (χ2v) is 8.23. The molecule has 0 fully saturated rings. The summed E-state index contributed by atoms with van der Waals surface area (Å²) in [6.07, 6.45) is 6.33. The molecule has 3 heterocycles. The second-order valence-electron chi connectivity index (χ2n) is 7.84. The average Bonchev–Trinajstić information content (AvgIpc) is 2.99. The number of aryl methyl sites for hydroxylation is 2. The number of fused-ring (bicyclic) bond motifs is 3. The molecule has 0 atom stereocenters. The van der Waals surface area contributed by atoms with Gasteiger partial charge in [-0.05, 0) is 67.7 Å². The Morgan fingerprint density at radius 1 is 1.00 bits per heavy atom. The van der Waals surface area contributed by atoms with E-state index in [1.54, 1.807) is 0 Å². The zero-order chi connectivity index (χ0) is 19.8. The van der Waals surface area contributed by atoms with Crippen molar-refractivity contribution in [1.82, 2.24) is 9.55 Å². The minimum atomic E-state index is 0.0600. The van der Waals surface area contributed by atoms with Crippen LogP contribution in [0.15, 0.2) is 47.3 Å². The van der Waals surface area contributed by atoms with E-state index >= 15 is 0 Å². The molecule has 0 unspecified atom stereocenters. The van der Waals surface area contributed by atoms with Crippen LogP contribution in [0.1, 0.15) is 37.1 Å². The van der Waals surface area contributed by atoms with Gasteiger partial charge in [-0.25, -0.2) is 4.98 Å². The van der Waals surface area contributed by atoms with Gasteiger partial charge in [0, 0.05) is 30.9 Å². The second kappa shape index (κ2) is 7.59. The lowest BCUT2D eigenvalue weighted by atomic mass is 10.0. The highest BCUT2D eigenvalue weighted by Crippen LogP contribution is 2.27. The van der Waals surface area contributed by atoms with E-state index in [-0.39, 0.29) is 5.56 Å². The Hall–Kier alpha value is -2.73. The van der Waals surface area contributed by atoms with Crippen LogP contribution in [0.3, 0.4) is 0 Å². The summed E-state index contributed by atoms with van der Waals surface area (Å²) in [5.41, 5.74) is 4.15. The monoisotopic (exact) mass is 404 g/mol. The van der Waals surface area contributed by atoms with Crippen molar-refractivity contribution in [1.29, 1.82) is 0 Å². The summed E-state index contributed by atoms with van der Waals surface area (Å²) >= 11 is 5.72. The van der Waals surface area contributed by atoms with Crippen molar-refractivity contribution in [3.05, 3.63) is 64.2 Å². The zero-order valence-electron chi connectivity index (χ0n) is 16.4. The molecular formula is C23H24N4OS. The third-order valence-corrected chi connectivity index (χ3v) is 6.24. The maximum absolute atomic E-state index is 13.1. The predicted molar refractivity (Wildman–Crippen MR) is 122 cm³/mol. The molecule has 0 spiro atoms. The van der Waals surface area contributed by atoms with Crippen LogP contribution in [-0.2, 0) is 19.4 Å².